The molecule has 0 aliphatic carbocycles. The monoisotopic (exact) mass is 554 g/mol. The van der Waals surface area contributed by atoms with Crippen molar-refractivity contribution < 1.29 is 13.9 Å². The van der Waals surface area contributed by atoms with Crippen LogP contribution in [0.25, 0.3) is 11.2 Å². The number of halogens is 1. The van der Waals surface area contributed by atoms with Gasteiger partial charge in [-0.15, -0.1) is 0 Å². The van der Waals surface area contributed by atoms with Crippen molar-refractivity contribution in [3.63, 3.8) is 0 Å². The number of nitrogens with zero attached hydrogens (tertiary/aromatic N) is 7. The predicted molar refractivity (Wildman–Crippen MR) is 155 cm³/mol. The number of anilines is 2. The maximum Gasteiger partial charge on any atom is 0.245 e. The molecule has 210 valence electrons. The Morgan fingerprint density at radius 1 is 1.17 bits per heavy atom. The number of hydrogen-bond acceptors (Lipinski definition) is 8. The lowest BCUT2D eigenvalue weighted by Gasteiger charge is -2.23. The third-order valence-electron chi connectivity index (χ3n) is 7.80. The number of hydrogen-bond donors (Lipinski definition) is 1. The van der Waals surface area contributed by atoms with E-state index < -0.39 is 5.82 Å². The molecule has 0 radical (unpaired) electrons. The Morgan fingerprint density at radius 2 is 2.05 bits per heavy atom. The second-order valence-corrected chi connectivity index (χ2v) is 10.4. The van der Waals surface area contributed by atoms with Gasteiger partial charge < -0.3 is 19.5 Å². The van der Waals surface area contributed by atoms with Crippen molar-refractivity contribution in [2.45, 2.75) is 39.0 Å². The largest absolute Gasteiger partial charge is 0.455 e. The van der Waals surface area contributed by atoms with Gasteiger partial charge in [-0.25, -0.2) is 24.3 Å². The van der Waals surface area contributed by atoms with Crippen LogP contribution in [-0.2, 0) is 18.3 Å². The molecule has 5 heterocycles. The van der Waals surface area contributed by atoms with Crippen LogP contribution in [0.5, 0.6) is 11.5 Å². The lowest BCUT2D eigenvalue weighted by molar-refractivity contribution is -0.125. The fourth-order valence-corrected chi connectivity index (χ4v) is 5.51. The summed E-state index contributed by atoms with van der Waals surface area (Å²) < 4.78 is 23.4. The molecule has 2 aliphatic heterocycles. The number of likely N-dealkylation sites (tertiary alicyclic amines) is 1. The highest BCUT2D eigenvalue weighted by atomic mass is 19.1. The van der Waals surface area contributed by atoms with Crippen molar-refractivity contribution >= 4 is 40.0 Å². The average molecular weight is 555 g/mol. The van der Waals surface area contributed by atoms with E-state index in [2.05, 4.69) is 31.8 Å². The van der Waals surface area contributed by atoms with Crippen molar-refractivity contribution in [1.29, 1.82) is 0 Å². The number of amides is 1. The SMILES string of the molecule is C=CC(=O)N1CCCC(C2=Nc3c(ncnc3Nc3ccc(Oc4cnc5c(c4)ncn5C)c(C)c3F)CC2)CC1. The van der Waals surface area contributed by atoms with E-state index in [1.165, 1.54) is 12.4 Å². The van der Waals surface area contributed by atoms with Crippen LogP contribution in [0.4, 0.5) is 21.6 Å². The Kier molecular flexibility index (Phi) is 7.17. The average Bonchev–Trinajstić information content (AvgIpc) is 3.19. The topological polar surface area (TPSA) is 110 Å². The number of imidazole rings is 1. The number of nitrogens with one attached hydrogen (secondary N) is 1. The number of benzene rings is 1. The van der Waals surface area contributed by atoms with E-state index in [4.69, 9.17) is 9.73 Å². The van der Waals surface area contributed by atoms with E-state index >= 15 is 4.39 Å². The van der Waals surface area contributed by atoms with Crippen molar-refractivity contribution in [1.82, 2.24) is 29.4 Å². The maximum atomic E-state index is 15.6. The van der Waals surface area contributed by atoms with Gasteiger partial charge in [0.1, 0.15) is 29.0 Å². The summed E-state index contributed by atoms with van der Waals surface area (Å²) >= 11 is 0. The molecule has 1 aromatic carbocycles. The highest BCUT2D eigenvalue weighted by Gasteiger charge is 2.27. The molecule has 0 spiro atoms. The minimum atomic E-state index is -0.447. The summed E-state index contributed by atoms with van der Waals surface area (Å²) in [6.07, 6.45) is 10.4. The van der Waals surface area contributed by atoms with Crippen LogP contribution in [0.15, 0.2) is 54.7 Å². The summed E-state index contributed by atoms with van der Waals surface area (Å²) in [5.41, 5.74) is 4.61. The summed E-state index contributed by atoms with van der Waals surface area (Å²) in [5.74, 6) is 1.11. The fourth-order valence-electron chi connectivity index (χ4n) is 5.51. The first kappa shape index (κ1) is 26.5. The molecule has 1 saturated heterocycles. The van der Waals surface area contributed by atoms with E-state index in [1.807, 2.05) is 16.5 Å². The molecule has 4 aromatic rings. The third kappa shape index (κ3) is 5.27. The molecule has 1 unspecified atom stereocenters. The van der Waals surface area contributed by atoms with Crippen molar-refractivity contribution in [3.05, 3.63) is 66.8 Å². The summed E-state index contributed by atoms with van der Waals surface area (Å²) in [7, 11) is 1.87. The lowest BCUT2D eigenvalue weighted by Crippen LogP contribution is -2.30. The molecule has 41 heavy (non-hydrogen) atoms. The summed E-state index contributed by atoms with van der Waals surface area (Å²) in [5, 5.41) is 3.15. The van der Waals surface area contributed by atoms with Crippen LogP contribution in [0.1, 0.15) is 36.9 Å². The number of aromatic nitrogens is 5. The molecule has 1 atom stereocenters. The molecule has 2 aliphatic rings. The normalized spacial score (nSPS) is 17.0. The highest BCUT2D eigenvalue weighted by molar-refractivity contribution is 5.93. The van der Waals surface area contributed by atoms with Crippen LogP contribution >= 0.6 is 0 Å². The van der Waals surface area contributed by atoms with E-state index in [-0.39, 0.29) is 17.5 Å². The molecular formula is C30H31FN8O2. The van der Waals surface area contributed by atoms with Crippen LogP contribution in [-0.4, -0.2) is 54.1 Å². The van der Waals surface area contributed by atoms with Gasteiger partial charge in [0.25, 0.3) is 0 Å². The molecule has 1 fully saturated rings. The summed E-state index contributed by atoms with van der Waals surface area (Å²) in [6.45, 7) is 6.70. The van der Waals surface area contributed by atoms with Gasteiger partial charge in [0, 0.05) is 37.5 Å². The van der Waals surface area contributed by atoms with Crippen LogP contribution < -0.4 is 10.1 Å². The van der Waals surface area contributed by atoms with Gasteiger partial charge in [0.05, 0.1) is 23.9 Å². The highest BCUT2D eigenvalue weighted by Crippen LogP contribution is 2.37. The predicted octanol–water partition coefficient (Wildman–Crippen LogP) is 5.58. The summed E-state index contributed by atoms with van der Waals surface area (Å²) in [6, 6.07) is 5.12. The Bertz CT molecular complexity index is 1680. The van der Waals surface area contributed by atoms with E-state index in [0.717, 1.165) is 55.7 Å². The molecule has 3 aromatic heterocycles. The van der Waals surface area contributed by atoms with Crippen LogP contribution in [0.2, 0.25) is 0 Å². The van der Waals surface area contributed by atoms with E-state index in [0.29, 0.717) is 40.6 Å². The molecule has 1 N–H and O–H groups in total. The second kappa shape index (κ2) is 11.1. The first-order valence-electron chi connectivity index (χ1n) is 13.7. The zero-order valence-corrected chi connectivity index (χ0v) is 23.1. The molecular weight excluding hydrogens is 523 g/mol. The minimum absolute atomic E-state index is 0.0267. The standard InChI is InChI=1S/C30H31FN8O2/c1-4-26(40)39-12-5-6-19(11-13-39)21-7-8-23-28(36-21)29(34-16-33-23)37-22-9-10-25(18(2)27(22)31)41-20-14-24-30(32-15-20)38(3)17-35-24/h4,9-10,14-17,19H,1,5-8,11-13H2,2-3H3,(H,33,34,37). The second-order valence-electron chi connectivity index (χ2n) is 10.4. The molecule has 6 rings (SSSR count). The molecule has 10 nitrogen and oxygen atoms in total. The van der Waals surface area contributed by atoms with Crippen LogP contribution in [0.3, 0.4) is 0 Å². The molecule has 0 bridgehead atoms. The first-order chi connectivity index (χ1) is 19.9. The minimum Gasteiger partial charge on any atom is -0.455 e. The zero-order valence-electron chi connectivity index (χ0n) is 23.1. The van der Waals surface area contributed by atoms with Crippen molar-refractivity contribution in [2.75, 3.05) is 18.4 Å². The Morgan fingerprint density at radius 3 is 2.90 bits per heavy atom. The maximum absolute atomic E-state index is 15.6. The van der Waals surface area contributed by atoms with Crippen LogP contribution in [0, 0.1) is 18.7 Å². The number of rotatable bonds is 6. The smallest absolute Gasteiger partial charge is 0.245 e. The first-order valence-corrected chi connectivity index (χ1v) is 13.7. The Balaban J connectivity index is 1.22. The Labute approximate surface area is 237 Å². The summed E-state index contributed by atoms with van der Waals surface area (Å²) in [4.78, 5) is 36.5. The van der Waals surface area contributed by atoms with Gasteiger partial charge >= 0.3 is 0 Å². The van der Waals surface area contributed by atoms with Gasteiger partial charge in [-0.3, -0.25) is 9.79 Å². The quantitative estimate of drug-likeness (QED) is 0.310. The zero-order chi connectivity index (χ0) is 28.5. The molecule has 0 saturated carbocycles. The van der Waals surface area contributed by atoms with Gasteiger partial charge in [-0.2, -0.15) is 0 Å². The van der Waals surface area contributed by atoms with E-state index in [1.54, 1.807) is 37.6 Å². The van der Waals surface area contributed by atoms with Crippen molar-refractivity contribution in [2.24, 2.45) is 18.0 Å². The number of pyridine rings is 1. The van der Waals surface area contributed by atoms with Gasteiger partial charge in [-0.1, -0.05) is 6.58 Å². The van der Waals surface area contributed by atoms with Gasteiger partial charge in [-0.05, 0) is 63.2 Å². The van der Waals surface area contributed by atoms with Crippen molar-refractivity contribution in [3.8, 4) is 11.5 Å². The number of aliphatic imine (C=N–C) groups is 1. The number of aryl methyl sites for hydroxylation is 2. The fraction of sp³-hybridized carbons (Fsp3) is 0.333. The molecule has 11 heteroatoms. The lowest BCUT2D eigenvalue weighted by atomic mass is 9.90. The molecule has 1 amide bonds. The number of fused-ring (bicyclic) bond motifs is 2. The number of carbonyl (C=O) groups excluding carboxylic acids is 1. The van der Waals surface area contributed by atoms with Gasteiger partial charge in [0.2, 0.25) is 5.91 Å². The third-order valence-corrected chi connectivity index (χ3v) is 7.80. The van der Waals surface area contributed by atoms with E-state index in [9.17, 15) is 4.79 Å². The number of ether oxygens (including phenoxy) is 1. The van der Waals surface area contributed by atoms with Gasteiger partial charge in [0.15, 0.2) is 17.3 Å². The number of carbonyl (C=O) groups is 1. The Hall–Kier alpha value is -4.67.